The molecule has 6 heteroatoms. The number of carbonyl (C=O) groups is 2. The molecule has 2 unspecified atom stereocenters. The monoisotopic (exact) mass is 247 g/mol. The summed E-state index contributed by atoms with van der Waals surface area (Å²) in [4.78, 5) is 24.8. The van der Waals surface area contributed by atoms with E-state index in [1.165, 1.54) is 0 Å². The fraction of sp³-hybridized carbons (Fsp3) is 0.800. The Kier molecular flexibility index (Phi) is 4.56. The Bertz CT molecular complexity index is 285. The molecule has 2 rings (SSSR count). The molecule has 0 aliphatic carbocycles. The molecule has 0 aromatic rings. The van der Waals surface area contributed by atoms with Crippen LogP contribution in [0.15, 0.2) is 0 Å². The van der Waals surface area contributed by atoms with Crippen LogP contribution in [0.2, 0.25) is 0 Å². The van der Waals surface area contributed by atoms with Gasteiger partial charge < -0.3 is 16.0 Å². The van der Waals surface area contributed by atoms with Gasteiger partial charge in [0.15, 0.2) is 0 Å². The average Bonchev–Trinajstić information content (AvgIpc) is 2.64. The molecular weight excluding hydrogens is 230 g/mol. The zero-order valence-corrected chi connectivity index (χ0v) is 9.96. The molecule has 2 atom stereocenters. The minimum atomic E-state index is -0.164. The molecule has 0 spiro atoms. The Hall–Kier alpha value is -0.810. The highest BCUT2D eigenvalue weighted by Gasteiger charge is 2.32. The molecule has 3 N–H and O–H groups in total. The lowest BCUT2D eigenvalue weighted by molar-refractivity contribution is -0.136. The Labute approximate surface area is 101 Å². The maximum Gasteiger partial charge on any atom is 0.228 e. The van der Waals surface area contributed by atoms with Crippen molar-refractivity contribution in [1.82, 2.24) is 10.2 Å². The highest BCUT2D eigenvalue weighted by Crippen LogP contribution is 2.16. The van der Waals surface area contributed by atoms with Crippen LogP contribution in [0.5, 0.6) is 0 Å². The molecule has 0 radical (unpaired) electrons. The van der Waals surface area contributed by atoms with E-state index in [4.69, 9.17) is 5.73 Å². The van der Waals surface area contributed by atoms with Gasteiger partial charge in [0.1, 0.15) is 0 Å². The number of likely N-dealkylation sites (tertiary alicyclic amines) is 1. The molecule has 0 bridgehead atoms. The third-order valence-corrected chi connectivity index (χ3v) is 3.10. The van der Waals surface area contributed by atoms with Crippen molar-refractivity contribution in [2.24, 2.45) is 11.7 Å². The highest BCUT2D eigenvalue weighted by molar-refractivity contribution is 5.89. The molecule has 5 nitrogen and oxygen atoms in total. The first-order valence-electron chi connectivity index (χ1n) is 5.48. The van der Waals surface area contributed by atoms with Gasteiger partial charge in [0, 0.05) is 32.1 Å². The van der Waals surface area contributed by atoms with Crippen LogP contribution in [0.4, 0.5) is 0 Å². The largest absolute Gasteiger partial charge is 0.355 e. The molecular formula is C10H18ClN3O2. The number of amides is 2. The zero-order valence-electron chi connectivity index (χ0n) is 9.15. The summed E-state index contributed by atoms with van der Waals surface area (Å²) in [6.45, 7) is 1.92. The minimum absolute atomic E-state index is 0. The zero-order chi connectivity index (χ0) is 10.8. The number of halogens is 1. The van der Waals surface area contributed by atoms with Crippen LogP contribution in [-0.4, -0.2) is 42.4 Å². The normalized spacial score (nSPS) is 29.6. The predicted molar refractivity (Wildman–Crippen MR) is 62.2 cm³/mol. The Morgan fingerprint density at radius 3 is 2.81 bits per heavy atom. The molecule has 2 heterocycles. The molecule has 0 saturated carbocycles. The number of rotatable bonds is 1. The van der Waals surface area contributed by atoms with Gasteiger partial charge in [-0.1, -0.05) is 0 Å². The second kappa shape index (κ2) is 5.50. The second-order valence-electron chi connectivity index (χ2n) is 4.39. The summed E-state index contributed by atoms with van der Waals surface area (Å²) in [6, 6.07) is 0.104. The second-order valence-corrected chi connectivity index (χ2v) is 4.39. The number of nitrogens with one attached hydrogen (secondary N) is 1. The highest BCUT2D eigenvalue weighted by atomic mass is 35.5. The predicted octanol–water partition coefficient (Wildman–Crippen LogP) is -0.506. The molecule has 2 aliphatic heterocycles. The Morgan fingerprint density at radius 1 is 1.50 bits per heavy atom. The van der Waals surface area contributed by atoms with E-state index >= 15 is 0 Å². The summed E-state index contributed by atoms with van der Waals surface area (Å²) < 4.78 is 0. The van der Waals surface area contributed by atoms with E-state index in [1.807, 2.05) is 0 Å². The maximum absolute atomic E-state index is 12.0. The van der Waals surface area contributed by atoms with Gasteiger partial charge in [-0.15, -0.1) is 12.4 Å². The molecule has 0 aromatic carbocycles. The number of carbonyl (C=O) groups excluding carboxylic acids is 2. The molecule has 2 saturated heterocycles. The van der Waals surface area contributed by atoms with E-state index in [2.05, 4.69) is 5.32 Å². The molecule has 0 aromatic heterocycles. The first-order valence-corrected chi connectivity index (χ1v) is 5.48. The van der Waals surface area contributed by atoms with Crippen LogP contribution < -0.4 is 11.1 Å². The van der Waals surface area contributed by atoms with Gasteiger partial charge in [0.2, 0.25) is 11.8 Å². The van der Waals surface area contributed by atoms with Crippen LogP contribution in [-0.2, 0) is 9.59 Å². The molecule has 92 valence electrons. The minimum Gasteiger partial charge on any atom is -0.355 e. The van der Waals surface area contributed by atoms with Crippen molar-refractivity contribution in [3.63, 3.8) is 0 Å². The van der Waals surface area contributed by atoms with Crippen molar-refractivity contribution in [3.05, 3.63) is 0 Å². The van der Waals surface area contributed by atoms with E-state index in [-0.39, 0.29) is 36.2 Å². The van der Waals surface area contributed by atoms with Crippen molar-refractivity contribution in [2.75, 3.05) is 19.6 Å². The number of nitrogens with two attached hydrogens (primary N) is 1. The first kappa shape index (κ1) is 13.3. The van der Waals surface area contributed by atoms with Crippen LogP contribution in [0.3, 0.4) is 0 Å². The van der Waals surface area contributed by atoms with Gasteiger partial charge in [0.05, 0.1) is 5.92 Å². The van der Waals surface area contributed by atoms with E-state index in [9.17, 15) is 9.59 Å². The van der Waals surface area contributed by atoms with Crippen LogP contribution >= 0.6 is 12.4 Å². The summed E-state index contributed by atoms with van der Waals surface area (Å²) in [6.07, 6.45) is 2.30. The van der Waals surface area contributed by atoms with Crippen LogP contribution in [0.1, 0.15) is 19.3 Å². The topological polar surface area (TPSA) is 75.4 Å². The van der Waals surface area contributed by atoms with E-state index in [0.717, 1.165) is 19.4 Å². The van der Waals surface area contributed by atoms with Gasteiger partial charge >= 0.3 is 0 Å². The smallest absolute Gasteiger partial charge is 0.228 e. The third kappa shape index (κ3) is 2.86. The lowest BCUT2D eigenvalue weighted by atomic mass is 10.0. The van der Waals surface area contributed by atoms with Crippen molar-refractivity contribution in [1.29, 1.82) is 0 Å². The van der Waals surface area contributed by atoms with Gasteiger partial charge in [-0.25, -0.2) is 0 Å². The van der Waals surface area contributed by atoms with E-state index < -0.39 is 0 Å². The Morgan fingerprint density at radius 2 is 2.25 bits per heavy atom. The fourth-order valence-corrected chi connectivity index (χ4v) is 2.25. The molecule has 16 heavy (non-hydrogen) atoms. The van der Waals surface area contributed by atoms with Crippen molar-refractivity contribution < 1.29 is 9.59 Å². The Balaban J connectivity index is 0.00000128. The summed E-state index contributed by atoms with van der Waals surface area (Å²) >= 11 is 0. The lowest BCUT2D eigenvalue weighted by Gasteiger charge is -2.32. The van der Waals surface area contributed by atoms with Crippen molar-refractivity contribution in [3.8, 4) is 0 Å². The van der Waals surface area contributed by atoms with Crippen molar-refractivity contribution >= 4 is 24.2 Å². The average molecular weight is 248 g/mol. The van der Waals surface area contributed by atoms with Gasteiger partial charge in [-0.05, 0) is 12.8 Å². The molecule has 2 aliphatic rings. The summed E-state index contributed by atoms with van der Waals surface area (Å²) in [5.41, 5.74) is 5.81. The van der Waals surface area contributed by atoms with Crippen LogP contribution in [0, 0.1) is 5.92 Å². The first-order chi connectivity index (χ1) is 7.16. The van der Waals surface area contributed by atoms with Crippen molar-refractivity contribution in [2.45, 2.75) is 25.3 Å². The van der Waals surface area contributed by atoms with Gasteiger partial charge in [-0.3, -0.25) is 9.59 Å². The molecule has 2 amide bonds. The summed E-state index contributed by atoms with van der Waals surface area (Å²) in [5, 5.41) is 2.68. The van der Waals surface area contributed by atoms with E-state index in [0.29, 0.717) is 19.5 Å². The maximum atomic E-state index is 12.0. The number of piperidine rings is 1. The fourth-order valence-electron chi connectivity index (χ4n) is 2.25. The SMILES string of the molecule is Cl.NC1CCCN(C(=O)C2CNC(=O)C2)C1. The number of hydrogen-bond donors (Lipinski definition) is 2. The summed E-state index contributed by atoms with van der Waals surface area (Å²) in [5.74, 6) is -0.0963. The number of nitrogens with zero attached hydrogens (tertiary/aromatic N) is 1. The summed E-state index contributed by atoms with van der Waals surface area (Å²) in [7, 11) is 0. The third-order valence-electron chi connectivity index (χ3n) is 3.10. The van der Waals surface area contributed by atoms with E-state index in [1.54, 1.807) is 4.90 Å². The van der Waals surface area contributed by atoms with Crippen LogP contribution in [0.25, 0.3) is 0 Å². The quantitative estimate of drug-likeness (QED) is 0.656. The standard InChI is InChI=1S/C10H17N3O2.ClH/c11-8-2-1-3-13(6-8)10(15)7-4-9(14)12-5-7;/h7-8H,1-6,11H2,(H,12,14);1H. The van der Waals surface area contributed by atoms with Gasteiger partial charge in [0.25, 0.3) is 0 Å². The number of hydrogen-bond acceptors (Lipinski definition) is 3. The molecule has 2 fully saturated rings. The lowest BCUT2D eigenvalue weighted by Crippen LogP contribution is -2.48. The van der Waals surface area contributed by atoms with Gasteiger partial charge in [-0.2, -0.15) is 0 Å².